The standard InChI is InChI=1S/C14H22N2O2/c1-4-9-15-14(17)11(2)16-13-8-6-5-7-12(13)10-18-3/h5-8,11,16H,4,9-10H2,1-3H3,(H,15,17). The Balaban J connectivity index is 2.63. The summed E-state index contributed by atoms with van der Waals surface area (Å²) in [6.45, 7) is 5.14. The Labute approximate surface area is 109 Å². The molecular weight excluding hydrogens is 228 g/mol. The second-order valence-corrected chi connectivity index (χ2v) is 4.25. The lowest BCUT2D eigenvalue weighted by atomic mass is 10.1. The maximum Gasteiger partial charge on any atom is 0.242 e. The van der Waals surface area contributed by atoms with Gasteiger partial charge in [0.1, 0.15) is 6.04 Å². The number of hydrogen-bond acceptors (Lipinski definition) is 3. The van der Waals surface area contributed by atoms with Crippen LogP contribution in [-0.4, -0.2) is 25.6 Å². The molecular formula is C14H22N2O2. The zero-order valence-corrected chi connectivity index (χ0v) is 11.3. The molecule has 1 aromatic carbocycles. The number of hydrogen-bond donors (Lipinski definition) is 2. The first-order chi connectivity index (χ1) is 8.69. The molecule has 1 atom stereocenters. The van der Waals surface area contributed by atoms with Gasteiger partial charge >= 0.3 is 0 Å². The van der Waals surface area contributed by atoms with E-state index < -0.39 is 0 Å². The molecule has 1 rings (SSSR count). The third-order valence-corrected chi connectivity index (χ3v) is 2.63. The summed E-state index contributed by atoms with van der Waals surface area (Å²) in [5.74, 6) is 0.0177. The van der Waals surface area contributed by atoms with Crippen LogP contribution in [0.1, 0.15) is 25.8 Å². The normalized spacial score (nSPS) is 11.9. The Morgan fingerprint density at radius 3 is 2.78 bits per heavy atom. The lowest BCUT2D eigenvalue weighted by molar-refractivity contribution is -0.121. The van der Waals surface area contributed by atoms with Crippen molar-refractivity contribution in [3.05, 3.63) is 29.8 Å². The fourth-order valence-electron chi connectivity index (χ4n) is 1.64. The summed E-state index contributed by atoms with van der Waals surface area (Å²) in [6, 6.07) is 7.59. The quantitative estimate of drug-likeness (QED) is 0.779. The Morgan fingerprint density at radius 1 is 1.39 bits per heavy atom. The molecule has 1 unspecified atom stereocenters. The monoisotopic (exact) mass is 250 g/mol. The highest BCUT2D eigenvalue weighted by molar-refractivity contribution is 5.84. The summed E-state index contributed by atoms with van der Waals surface area (Å²) in [6.07, 6.45) is 0.943. The predicted octanol–water partition coefficient (Wildman–Crippen LogP) is 2.16. The molecule has 0 saturated heterocycles. The van der Waals surface area contributed by atoms with E-state index in [0.29, 0.717) is 13.2 Å². The number of para-hydroxylation sites is 1. The maximum atomic E-state index is 11.8. The van der Waals surface area contributed by atoms with E-state index in [2.05, 4.69) is 10.6 Å². The van der Waals surface area contributed by atoms with Gasteiger partial charge in [-0.3, -0.25) is 4.79 Å². The van der Waals surface area contributed by atoms with Gasteiger partial charge in [0.15, 0.2) is 0 Å². The molecule has 0 saturated carbocycles. The molecule has 0 aromatic heterocycles. The van der Waals surface area contributed by atoms with Gasteiger partial charge in [0.05, 0.1) is 6.61 Å². The number of nitrogens with one attached hydrogen (secondary N) is 2. The Kier molecular flexibility index (Phi) is 6.22. The van der Waals surface area contributed by atoms with Gasteiger partial charge in [-0.2, -0.15) is 0 Å². The molecule has 1 aromatic rings. The molecule has 0 fully saturated rings. The summed E-state index contributed by atoms with van der Waals surface area (Å²) in [5.41, 5.74) is 1.99. The smallest absolute Gasteiger partial charge is 0.242 e. The van der Waals surface area contributed by atoms with Crippen molar-refractivity contribution in [2.24, 2.45) is 0 Å². The summed E-state index contributed by atoms with van der Waals surface area (Å²) < 4.78 is 5.13. The van der Waals surface area contributed by atoms with E-state index in [9.17, 15) is 4.79 Å². The van der Waals surface area contributed by atoms with Crippen molar-refractivity contribution in [3.8, 4) is 0 Å². The van der Waals surface area contributed by atoms with Crippen molar-refractivity contribution in [2.45, 2.75) is 32.9 Å². The molecule has 0 bridgehead atoms. The summed E-state index contributed by atoms with van der Waals surface area (Å²) in [4.78, 5) is 11.8. The number of carbonyl (C=O) groups excluding carboxylic acids is 1. The SMILES string of the molecule is CCCNC(=O)C(C)Nc1ccccc1COC. The largest absolute Gasteiger partial charge is 0.380 e. The lowest BCUT2D eigenvalue weighted by Crippen LogP contribution is -2.38. The van der Waals surface area contributed by atoms with Crippen molar-refractivity contribution in [1.29, 1.82) is 0 Å². The van der Waals surface area contributed by atoms with E-state index in [4.69, 9.17) is 4.74 Å². The van der Waals surface area contributed by atoms with E-state index in [1.807, 2.05) is 38.1 Å². The molecule has 0 aliphatic heterocycles. The number of ether oxygens (including phenoxy) is 1. The molecule has 4 heteroatoms. The molecule has 18 heavy (non-hydrogen) atoms. The zero-order chi connectivity index (χ0) is 13.4. The Bertz CT molecular complexity index is 380. The topological polar surface area (TPSA) is 50.4 Å². The zero-order valence-electron chi connectivity index (χ0n) is 11.3. The summed E-state index contributed by atoms with van der Waals surface area (Å²) in [7, 11) is 1.66. The van der Waals surface area contributed by atoms with Crippen molar-refractivity contribution >= 4 is 11.6 Å². The van der Waals surface area contributed by atoms with Crippen LogP contribution >= 0.6 is 0 Å². The highest BCUT2D eigenvalue weighted by Crippen LogP contribution is 2.16. The number of rotatable bonds is 7. The second-order valence-electron chi connectivity index (χ2n) is 4.25. The molecule has 0 spiro atoms. The minimum Gasteiger partial charge on any atom is -0.380 e. The fourth-order valence-corrected chi connectivity index (χ4v) is 1.64. The van der Waals surface area contributed by atoms with Crippen LogP contribution in [0.5, 0.6) is 0 Å². The van der Waals surface area contributed by atoms with E-state index >= 15 is 0 Å². The molecule has 2 N–H and O–H groups in total. The molecule has 0 radical (unpaired) electrons. The molecule has 0 aliphatic rings. The van der Waals surface area contributed by atoms with Crippen LogP contribution in [0.3, 0.4) is 0 Å². The van der Waals surface area contributed by atoms with Gasteiger partial charge in [-0.1, -0.05) is 25.1 Å². The van der Waals surface area contributed by atoms with Crippen LogP contribution in [0.2, 0.25) is 0 Å². The first-order valence-corrected chi connectivity index (χ1v) is 6.30. The number of carbonyl (C=O) groups is 1. The van der Waals surface area contributed by atoms with E-state index in [1.54, 1.807) is 7.11 Å². The summed E-state index contributed by atoms with van der Waals surface area (Å²) in [5, 5.41) is 6.08. The molecule has 4 nitrogen and oxygen atoms in total. The van der Waals surface area contributed by atoms with Gasteiger partial charge in [0.25, 0.3) is 0 Å². The Hall–Kier alpha value is -1.55. The van der Waals surface area contributed by atoms with Crippen molar-refractivity contribution in [2.75, 3.05) is 19.0 Å². The maximum absolute atomic E-state index is 11.8. The highest BCUT2D eigenvalue weighted by Gasteiger charge is 2.12. The van der Waals surface area contributed by atoms with Crippen molar-refractivity contribution in [1.82, 2.24) is 5.32 Å². The predicted molar refractivity (Wildman–Crippen MR) is 73.5 cm³/mol. The molecule has 0 heterocycles. The minimum absolute atomic E-state index is 0.0177. The average molecular weight is 250 g/mol. The molecule has 100 valence electrons. The second kappa shape index (κ2) is 7.71. The van der Waals surface area contributed by atoms with Crippen LogP contribution in [0.15, 0.2) is 24.3 Å². The highest BCUT2D eigenvalue weighted by atomic mass is 16.5. The van der Waals surface area contributed by atoms with E-state index in [1.165, 1.54) is 0 Å². The van der Waals surface area contributed by atoms with Gasteiger partial charge in [-0.05, 0) is 19.4 Å². The van der Waals surface area contributed by atoms with Gasteiger partial charge in [0, 0.05) is 24.9 Å². The van der Waals surface area contributed by atoms with Crippen LogP contribution in [0.4, 0.5) is 5.69 Å². The number of anilines is 1. The summed E-state index contributed by atoms with van der Waals surface area (Å²) >= 11 is 0. The lowest BCUT2D eigenvalue weighted by Gasteiger charge is -2.17. The number of methoxy groups -OCH3 is 1. The Morgan fingerprint density at radius 2 is 2.11 bits per heavy atom. The minimum atomic E-state index is -0.255. The number of amides is 1. The van der Waals surface area contributed by atoms with Gasteiger partial charge in [0.2, 0.25) is 5.91 Å². The third kappa shape index (κ3) is 4.37. The van der Waals surface area contributed by atoms with E-state index in [0.717, 1.165) is 17.7 Å². The van der Waals surface area contributed by atoms with Crippen LogP contribution in [0, 0.1) is 0 Å². The molecule has 0 aliphatic carbocycles. The first-order valence-electron chi connectivity index (χ1n) is 6.30. The number of benzene rings is 1. The van der Waals surface area contributed by atoms with Crippen molar-refractivity contribution in [3.63, 3.8) is 0 Å². The fraction of sp³-hybridized carbons (Fsp3) is 0.500. The van der Waals surface area contributed by atoms with Crippen LogP contribution in [-0.2, 0) is 16.1 Å². The van der Waals surface area contributed by atoms with Crippen molar-refractivity contribution < 1.29 is 9.53 Å². The van der Waals surface area contributed by atoms with Crippen LogP contribution < -0.4 is 10.6 Å². The van der Waals surface area contributed by atoms with Gasteiger partial charge < -0.3 is 15.4 Å². The van der Waals surface area contributed by atoms with Gasteiger partial charge in [-0.15, -0.1) is 0 Å². The first kappa shape index (κ1) is 14.5. The van der Waals surface area contributed by atoms with E-state index in [-0.39, 0.29) is 11.9 Å². The molecule has 1 amide bonds. The van der Waals surface area contributed by atoms with Gasteiger partial charge in [-0.25, -0.2) is 0 Å². The van der Waals surface area contributed by atoms with Crippen LogP contribution in [0.25, 0.3) is 0 Å². The average Bonchev–Trinajstić information content (AvgIpc) is 2.38. The third-order valence-electron chi connectivity index (χ3n) is 2.63.